The normalized spacial score (nSPS) is 14.0. The van der Waals surface area contributed by atoms with Crippen molar-refractivity contribution in [2.75, 3.05) is 0 Å². The molecule has 1 aliphatic carbocycles. The number of benzene rings is 1. The summed E-state index contributed by atoms with van der Waals surface area (Å²) in [4.78, 5) is 14.5. The molecule has 0 atom stereocenters. The maximum absolute atomic E-state index is 11.5. The van der Waals surface area contributed by atoms with Gasteiger partial charge < -0.3 is 10.3 Å². The van der Waals surface area contributed by atoms with Gasteiger partial charge in [-0.2, -0.15) is 4.79 Å². The largest absolute Gasteiger partial charge is 0.452 e. The Morgan fingerprint density at radius 3 is 2.62 bits per heavy atom. The van der Waals surface area contributed by atoms with Gasteiger partial charge in [-0.25, -0.2) is 4.79 Å². The predicted molar refractivity (Wildman–Crippen MR) is 57.6 cm³/mol. The smallest absolute Gasteiger partial charge is 0.417 e. The van der Waals surface area contributed by atoms with Crippen LogP contribution in [0.15, 0.2) is 30.3 Å². The van der Waals surface area contributed by atoms with Crippen molar-refractivity contribution in [2.45, 2.75) is 19.4 Å². The van der Waals surface area contributed by atoms with Crippen molar-refractivity contribution in [3.63, 3.8) is 0 Å². The number of carbonyl (C=O) groups excluding carboxylic acids is 1. The third-order valence-electron chi connectivity index (χ3n) is 2.49. The highest BCUT2D eigenvalue weighted by Crippen LogP contribution is 2.30. The molecule has 0 unspecified atom stereocenters. The zero-order valence-corrected chi connectivity index (χ0v) is 8.80. The molecule has 0 spiro atoms. The van der Waals surface area contributed by atoms with Gasteiger partial charge in [-0.3, -0.25) is 0 Å². The quantitative estimate of drug-likeness (QED) is 0.333. The third-order valence-corrected chi connectivity index (χ3v) is 2.49. The first-order valence-electron chi connectivity index (χ1n) is 5.24. The number of hydrogen-bond acceptors (Lipinski definition) is 2. The number of rotatable bonds is 4. The summed E-state index contributed by atoms with van der Waals surface area (Å²) >= 11 is 0. The van der Waals surface area contributed by atoms with Crippen LogP contribution in [-0.2, 0) is 16.1 Å². The highest BCUT2D eigenvalue weighted by molar-refractivity contribution is 6.35. The van der Waals surface area contributed by atoms with E-state index in [1.807, 2.05) is 30.3 Å². The van der Waals surface area contributed by atoms with E-state index in [1.165, 1.54) is 0 Å². The van der Waals surface area contributed by atoms with Crippen LogP contribution in [0.5, 0.6) is 0 Å². The molecular weight excluding hydrogens is 204 g/mol. The fourth-order valence-electron chi connectivity index (χ4n) is 1.44. The number of hydrogen-bond donors (Lipinski definition) is 0. The molecule has 0 bridgehead atoms. The Kier molecular flexibility index (Phi) is 3.13. The van der Waals surface area contributed by atoms with Gasteiger partial charge in [0.2, 0.25) is 0 Å². The molecular formula is C12H12N2O2. The van der Waals surface area contributed by atoms with Crippen molar-refractivity contribution >= 4 is 11.7 Å². The Bertz CT molecular complexity index is 432. The van der Waals surface area contributed by atoms with Crippen LogP contribution in [0.25, 0.3) is 5.53 Å². The second-order valence-electron chi connectivity index (χ2n) is 3.82. The molecule has 82 valence electrons. The molecule has 4 nitrogen and oxygen atoms in total. The van der Waals surface area contributed by atoms with E-state index in [9.17, 15) is 4.79 Å². The SMILES string of the molecule is [N-]=[N+]=C(C(=O)OCc1ccccc1)C1CC1. The van der Waals surface area contributed by atoms with E-state index in [1.54, 1.807) is 0 Å². The van der Waals surface area contributed by atoms with Gasteiger partial charge in [0, 0.05) is 0 Å². The van der Waals surface area contributed by atoms with E-state index in [0.29, 0.717) is 0 Å². The molecule has 0 radical (unpaired) electrons. The van der Waals surface area contributed by atoms with Crippen LogP contribution < -0.4 is 0 Å². The summed E-state index contributed by atoms with van der Waals surface area (Å²) in [5, 5.41) is 0. The summed E-state index contributed by atoms with van der Waals surface area (Å²) in [5.74, 6) is -0.429. The number of nitrogens with zero attached hydrogens (tertiary/aromatic N) is 2. The van der Waals surface area contributed by atoms with Crippen molar-refractivity contribution in [1.82, 2.24) is 0 Å². The van der Waals surface area contributed by atoms with E-state index in [4.69, 9.17) is 10.3 Å². The van der Waals surface area contributed by atoms with Gasteiger partial charge in [0.05, 0.1) is 5.92 Å². The first-order chi connectivity index (χ1) is 7.81. The van der Waals surface area contributed by atoms with Crippen molar-refractivity contribution in [2.24, 2.45) is 5.92 Å². The van der Waals surface area contributed by atoms with Crippen LogP contribution in [0, 0.1) is 5.92 Å². The Labute approximate surface area is 93.5 Å². The van der Waals surface area contributed by atoms with Gasteiger partial charge in [-0.15, -0.1) is 0 Å². The minimum Gasteiger partial charge on any atom is -0.452 e. The summed E-state index contributed by atoms with van der Waals surface area (Å²) < 4.78 is 5.05. The average Bonchev–Trinajstić information content (AvgIpc) is 3.13. The van der Waals surface area contributed by atoms with Crippen LogP contribution in [0.4, 0.5) is 0 Å². The van der Waals surface area contributed by atoms with Crippen LogP contribution in [0.1, 0.15) is 18.4 Å². The Balaban J connectivity index is 1.90. The number of carbonyl (C=O) groups is 1. The topological polar surface area (TPSA) is 62.7 Å². The van der Waals surface area contributed by atoms with Crippen LogP contribution >= 0.6 is 0 Å². The lowest BCUT2D eigenvalue weighted by molar-refractivity contribution is -0.142. The highest BCUT2D eigenvalue weighted by Gasteiger charge is 2.40. The van der Waals surface area contributed by atoms with Crippen LogP contribution in [0.2, 0.25) is 0 Å². The zero-order chi connectivity index (χ0) is 11.4. The van der Waals surface area contributed by atoms with Gasteiger partial charge in [0.25, 0.3) is 0 Å². The molecule has 0 heterocycles. The molecule has 0 amide bonds. The minimum absolute atomic E-state index is 0.0910. The lowest BCUT2D eigenvalue weighted by Crippen LogP contribution is -2.20. The molecule has 1 saturated carbocycles. The molecule has 4 heteroatoms. The summed E-state index contributed by atoms with van der Waals surface area (Å²) in [7, 11) is 0. The molecule has 0 saturated heterocycles. The molecule has 1 fully saturated rings. The molecule has 0 aliphatic heterocycles. The molecule has 0 aromatic heterocycles. The standard InChI is InChI=1S/C12H12N2O2/c13-14-11(10-6-7-10)12(15)16-8-9-4-2-1-3-5-9/h1-5,10H,6-8H2. The second kappa shape index (κ2) is 4.73. The van der Waals surface area contributed by atoms with Crippen molar-refractivity contribution in [3.05, 3.63) is 41.4 Å². The van der Waals surface area contributed by atoms with Crippen molar-refractivity contribution in [3.8, 4) is 0 Å². The van der Waals surface area contributed by atoms with Gasteiger partial charge in [-0.05, 0) is 18.4 Å². The lowest BCUT2D eigenvalue weighted by Gasteiger charge is -2.01. The monoisotopic (exact) mass is 216 g/mol. The van der Waals surface area contributed by atoms with Crippen molar-refractivity contribution in [1.29, 1.82) is 0 Å². The first-order valence-corrected chi connectivity index (χ1v) is 5.24. The Hall–Kier alpha value is -1.93. The van der Waals surface area contributed by atoms with Gasteiger partial charge in [0.15, 0.2) is 0 Å². The average molecular weight is 216 g/mol. The first kappa shape index (κ1) is 10.6. The summed E-state index contributed by atoms with van der Waals surface area (Å²) in [5.41, 5.74) is 9.76. The van der Waals surface area contributed by atoms with E-state index < -0.39 is 5.97 Å². The maximum Gasteiger partial charge on any atom is 0.417 e. The number of esters is 1. The summed E-state index contributed by atoms with van der Waals surface area (Å²) in [6, 6.07) is 9.41. The van der Waals surface area contributed by atoms with E-state index in [-0.39, 0.29) is 18.2 Å². The summed E-state index contributed by atoms with van der Waals surface area (Å²) in [6.45, 7) is 0.214. The fourth-order valence-corrected chi connectivity index (χ4v) is 1.44. The molecule has 1 aromatic rings. The molecule has 1 aromatic carbocycles. The van der Waals surface area contributed by atoms with E-state index in [2.05, 4.69) is 4.79 Å². The predicted octanol–water partition coefficient (Wildman–Crippen LogP) is 1.81. The zero-order valence-electron chi connectivity index (χ0n) is 8.80. The molecule has 16 heavy (non-hydrogen) atoms. The molecule has 0 N–H and O–H groups in total. The van der Waals surface area contributed by atoms with Gasteiger partial charge in [-0.1, -0.05) is 30.3 Å². The van der Waals surface area contributed by atoms with Gasteiger partial charge in [0.1, 0.15) is 6.61 Å². The highest BCUT2D eigenvalue weighted by atomic mass is 16.5. The van der Waals surface area contributed by atoms with E-state index >= 15 is 0 Å². The van der Waals surface area contributed by atoms with Crippen molar-refractivity contribution < 1.29 is 14.3 Å². The van der Waals surface area contributed by atoms with Crippen LogP contribution in [-0.4, -0.2) is 16.5 Å². The van der Waals surface area contributed by atoms with E-state index in [0.717, 1.165) is 18.4 Å². The summed E-state index contributed by atoms with van der Waals surface area (Å²) in [6.07, 6.45) is 1.81. The maximum atomic E-state index is 11.5. The molecule has 2 rings (SSSR count). The Morgan fingerprint density at radius 2 is 2.06 bits per heavy atom. The Morgan fingerprint density at radius 1 is 1.38 bits per heavy atom. The second-order valence-corrected chi connectivity index (χ2v) is 3.82. The van der Waals surface area contributed by atoms with Crippen LogP contribution in [0.3, 0.4) is 0 Å². The third kappa shape index (κ3) is 2.55. The fraction of sp³-hybridized carbons (Fsp3) is 0.333. The molecule has 1 aliphatic rings. The number of ether oxygens (including phenoxy) is 1. The minimum atomic E-state index is -0.520. The lowest BCUT2D eigenvalue weighted by atomic mass is 10.2. The van der Waals surface area contributed by atoms with Gasteiger partial charge >= 0.3 is 11.7 Å².